The zero-order chi connectivity index (χ0) is 24.7. The number of esters is 1. The minimum absolute atomic E-state index is 0.0306. The van der Waals surface area contributed by atoms with Crippen LogP contribution in [0.5, 0.6) is 0 Å². The van der Waals surface area contributed by atoms with Crippen LogP contribution in [0, 0.1) is 23.7 Å². The summed E-state index contributed by atoms with van der Waals surface area (Å²) in [5, 5.41) is 13.3. The quantitative estimate of drug-likeness (QED) is 0.479. The van der Waals surface area contributed by atoms with E-state index in [0.717, 1.165) is 12.8 Å². The molecule has 188 valence electrons. The number of amides is 2. The van der Waals surface area contributed by atoms with Gasteiger partial charge in [0.05, 0.1) is 30.8 Å². The standard InChI is InChI=1S/C25H42N2O6/c1-8-10-16(6)26-21(29)20-25-12-15(5)24(7,33-25)19(23(31)32-9-2)18(25)22(30)27(20)17(13-28)11-14(3)4/h14-20,28H,8-13H2,1-7H3,(H,26,29)/t15?,16?,17-,18+,19+,20?,24-,25?/m1/s1. The number of fused-ring (bicyclic) bond motifs is 1. The number of likely N-dealkylation sites (tertiary alicyclic amines) is 1. The van der Waals surface area contributed by atoms with Crippen LogP contribution in [0.25, 0.3) is 0 Å². The number of hydrogen-bond donors (Lipinski definition) is 2. The molecule has 1 spiro atoms. The van der Waals surface area contributed by atoms with Crippen LogP contribution in [0.15, 0.2) is 0 Å². The van der Waals surface area contributed by atoms with Crippen LogP contribution < -0.4 is 5.32 Å². The van der Waals surface area contributed by atoms with Crippen LogP contribution in [0.2, 0.25) is 0 Å². The normalized spacial score (nSPS) is 36.8. The number of carbonyl (C=O) groups excluding carboxylic acids is 3. The summed E-state index contributed by atoms with van der Waals surface area (Å²) in [5.74, 6) is -2.39. The second kappa shape index (κ2) is 9.53. The van der Waals surface area contributed by atoms with Crippen LogP contribution in [-0.2, 0) is 23.9 Å². The number of aliphatic hydroxyl groups excluding tert-OH is 1. The lowest BCUT2D eigenvalue weighted by Gasteiger charge is -2.38. The van der Waals surface area contributed by atoms with Gasteiger partial charge in [0.2, 0.25) is 11.8 Å². The lowest BCUT2D eigenvalue weighted by atomic mass is 9.62. The van der Waals surface area contributed by atoms with E-state index in [9.17, 15) is 19.5 Å². The lowest BCUT2D eigenvalue weighted by molar-refractivity contribution is -0.162. The average molecular weight is 467 g/mol. The highest BCUT2D eigenvalue weighted by Gasteiger charge is 2.80. The highest BCUT2D eigenvalue weighted by molar-refractivity contribution is 5.98. The molecule has 3 aliphatic rings. The van der Waals surface area contributed by atoms with E-state index >= 15 is 0 Å². The fourth-order valence-corrected chi connectivity index (χ4v) is 6.61. The van der Waals surface area contributed by atoms with Gasteiger partial charge in [-0.2, -0.15) is 0 Å². The van der Waals surface area contributed by atoms with Crippen LogP contribution >= 0.6 is 0 Å². The van der Waals surface area contributed by atoms with Crippen molar-refractivity contribution in [2.75, 3.05) is 13.2 Å². The Morgan fingerprint density at radius 2 is 1.97 bits per heavy atom. The van der Waals surface area contributed by atoms with Gasteiger partial charge in [-0.25, -0.2) is 0 Å². The fraction of sp³-hybridized carbons (Fsp3) is 0.880. The maximum Gasteiger partial charge on any atom is 0.312 e. The topological polar surface area (TPSA) is 105 Å². The van der Waals surface area contributed by atoms with Gasteiger partial charge < -0.3 is 24.8 Å². The first kappa shape index (κ1) is 25.9. The summed E-state index contributed by atoms with van der Waals surface area (Å²) in [7, 11) is 0. The Labute approximate surface area is 197 Å². The number of ether oxygens (including phenoxy) is 2. The van der Waals surface area contributed by atoms with Gasteiger partial charge in [-0.3, -0.25) is 14.4 Å². The minimum Gasteiger partial charge on any atom is -0.466 e. The molecule has 2 bridgehead atoms. The first-order chi connectivity index (χ1) is 15.5. The van der Waals surface area contributed by atoms with Crippen molar-refractivity contribution >= 4 is 17.8 Å². The van der Waals surface area contributed by atoms with E-state index in [4.69, 9.17) is 9.47 Å². The van der Waals surface area contributed by atoms with E-state index in [1.54, 1.807) is 11.8 Å². The number of hydrogen-bond acceptors (Lipinski definition) is 6. The van der Waals surface area contributed by atoms with Crippen molar-refractivity contribution < 1.29 is 29.0 Å². The summed E-state index contributed by atoms with van der Waals surface area (Å²) in [4.78, 5) is 42.4. The molecule has 8 atom stereocenters. The Bertz CT molecular complexity index is 772. The van der Waals surface area contributed by atoms with E-state index in [1.165, 1.54) is 0 Å². The summed E-state index contributed by atoms with van der Waals surface area (Å²) in [5.41, 5.74) is -1.98. The largest absolute Gasteiger partial charge is 0.466 e. The molecule has 3 heterocycles. The second-order valence-corrected chi connectivity index (χ2v) is 10.9. The van der Waals surface area contributed by atoms with Gasteiger partial charge in [-0.15, -0.1) is 0 Å². The molecule has 33 heavy (non-hydrogen) atoms. The molecule has 3 saturated heterocycles. The number of rotatable bonds is 10. The molecule has 3 aliphatic heterocycles. The second-order valence-electron chi connectivity index (χ2n) is 10.9. The molecule has 0 aromatic carbocycles. The number of aliphatic hydroxyl groups is 1. The average Bonchev–Trinajstić information content (AvgIpc) is 3.23. The Morgan fingerprint density at radius 1 is 1.30 bits per heavy atom. The van der Waals surface area contributed by atoms with Crippen LogP contribution in [0.3, 0.4) is 0 Å². The minimum atomic E-state index is -1.11. The third-order valence-corrected chi connectivity index (χ3v) is 8.00. The van der Waals surface area contributed by atoms with Crippen LogP contribution in [-0.4, -0.2) is 70.3 Å². The van der Waals surface area contributed by atoms with Gasteiger partial charge in [0.1, 0.15) is 17.6 Å². The molecule has 8 heteroatoms. The fourth-order valence-electron chi connectivity index (χ4n) is 6.61. The van der Waals surface area contributed by atoms with Crippen LogP contribution in [0.1, 0.15) is 74.1 Å². The number of nitrogens with zero attached hydrogens (tertiary/aromatic N) is 1. The zero-order valence-corrected chi connectivity index (χ0v) is 21.2. The Hall–Kier alpha value is -1.67. The van der Waals surface area contributed by atoms with Gasteiger partial charge in [-0.05, 0) is 51.9 Å². The molecule has 0 aromatic rings. The molecule has 2 N–H and O–H groups in total. The van der Waals surface area contributed by atoms with Gasteiger partial charge >= 0.3 is 5.97 Å². The van der Waals surface area contributed by atoms with Crippen molar-refractivity contribution in [1.29, 1.82) is 0 Å². The van der Waals surface area contributed by atoms with E-state index in [2.05, 4.69) is 12.2 Å². The molecule has 8 nitrogen and oxygen atoms in total. The summed E-state index contributed by atoms with van der Waals surface area (Å²) in [6.07, 6.45) is 2.80. The van der Waals surface area contributed by atoms with Gasteiger partial charge in [0, 0.05) is 6.04 Å². The highest BCUT2D eigenvalue weighted by Crippen LogP contribution is 2.65. The molecular formula is C25H42N2O6. The van der Waals surface area contributed by atoms with Crippen molar-refractivity contribution in [3.05, 3.63) is 0 Å². The van der Waals surface area contributed by atoms with E-state index < -0.39 is 41.1 Å². The van der Waals surface area contributed by atoms with Crippen LogP contribution in [0.4, 0.5) is 0 Å². The Kier molecular flexibility index (Phi) is 7.49. The molecule has 0 aromatic heterocycles. The summed E-state index contributed by atoms with van der Waals surface area (Å²) in [6.45, 7) is 13.6. The molecule has 3 rings (SSSR count). The molecule has 0 radical (unpaired) electrons. The smallest absolute Gasteiger partial charge is 0.312 e. The highest BCUT2D eigenvalue weighted by atomic mass is 16.6. The van der Waals surface area contributed by atoms with Crippen molar-refractivity contribution in [1.82, 2.24) is 10.2 Å². The predicted molar refractivity (Wildman–Crippen MR) is 123 cm³/mol. The third-order valence-electron chi connectivity index (χ3n) is 8.00. The zero-order valence-electron chi connectivity index (χ0n) is 21.2. The lowest BCUT2D eigenvalue weighted by Crippen LogP contribution is -2.59. The number of nitrogens with one attached hydrogen (secondary N) is 1. The maximum atomic E-state index is 14.0. The first-order valence-corrected chi connectivity index (χ1v) is 12.6. The molecule has 0 aliphatic carbocycles. The predicted octanol–water partition coefficient (Wildman–Crippen LogP) is 2.27. The van der Waals surface area contributed by atoms with Crippen molar-refractivity contribution in [3.63, 3.8) is 0 Å². The molecule has 0 saturated carbocycles. The summed E-state index contributed by atoms with van der Waals surface area (Å²) >= 11 is 0. The Morgan fingerprint density at radius 3 is 2.52 bits per heavy atom. The monoisotopic (exact) mass is 466 g/mol. The summed E-state index contributed by atoms with van der Waals surface area (Å²) < 4.78 is 12.0. The van der Waals surface area contributed by atoms with Crippen molar-refractivity contribution in [3.8, 4) is 0 Å². The van der Waals surface area contributed by atoms with Gasteiger partial charge in [0.15, 0.2) is 0 Å². The van der Waals surface area contributed by atoms with Gasteiger partial charge in [-0.1, -0.05) is 34.1 Å². The molecule has 4 unspecified atom stereocenters. The third kappa shape index (κ3) is 4.07. The number of carbonyl (C=O) groups is 3. The molecule has 3 fully saturated rings. The van der Waals surface area contributed by atoms with E-state index in [0.29, 0.717) is 12.8 Å². The SMILES string of the molecule is CCCC(C)NC(=O)C1N([C@@H](CO)CC(C)C)C(=O)[C@@H]2[C@@H](C(=O)OCC)[C@]3(C)OC12CC3C. The van der Waals surface area contributed by atoms with E-state index in [1.807, 2.05) is 34.6 Å². The van der Waals surface area contributed by atoms with E-state index in [-0.39, 0.29) is 42.9 Å². The van der Waals surface area contributed by atoms with Crippen molar-refractivity contribution in [2.45, 2.75) is 103 Å². The molecule has 2 amide bonds. The maximum absolute atomic E-state index is 14.0. The van der Waals surface area contributed by atoms with Crippen molar-refractivity contribution in [2.24, 2.45) is 23.7 Å². The summed E-state index contributed by atoms with van der Waals surface area (Å²) in [6, 6.07) is -1.47. The molecular weight excluding hydrogens is 424 g/mol. The Balaban J connectivity index is 2.10. The first-order valence-electron chi connectivity index (χ1n) is 12.6. The van der Waals surface area contributed by atoms with Gasteiger partial charge in [0.25, 0.3) is 0 Å².